The number of aromatic nitrogens is 2. The summed E-state index contributed by atoms with van der Waals surface area (Å²) in [5, 5.41) is 16.8. The van der Waals surface area contributed by atoms with Crippen LogP contribution in [0.2, 0.25) is 0 Å². The van der Waals surface area contributed by atoms with E-state index in [0.717, 1.165) is 48.9 Å². The molecule has 1 fully saturated rings. The van der Waals surface area contributed by atoms with Crippen molar-refractivity contribution in [1.82, 2.24) is 14.5 Å². The number of rotatable bonds is 6. The number of alkyl halides is 3. The monoisotopic (exact) mass is 568 g/mol. The molecule has 1 amide bonds. The SMILES string of the molecule is CCC1(c2cccc(Cc3cc(C(=O)c4cncn4C)ccc3C#N)c2)CCCCN(C)C1=O.O=C(O)C(F)(F)F. The summed E-state index contributed by atoms with van der Waals surface area (Å²) in [6.07, 6.45) is 2.20. The van der Waals surface area contributed by atoms with Gasteiger partial charge >= 0.3 is 12.1 Å². The van der Waals surface area contributed by atoms with Gasteiger partial charge in [0.2, 0.25) is 11.7 Å². The number of imidazole rings is 1. The maximum Gasteiger partial charge on any atom is 0.490 e. The molecule has 4 rings (SSSR count). The Kier molecular flexibility index (Phi) is 9.71. The minimum Gasteiger partial charge on any atom is -0.475 e. The molecule has 11 heteroatoms. The van der Waals surface area contributed by atoms with E-state index in [1.54, 1.807) is 42.3 Å². The zero-order chi connectivity index (χ0) is 30.4. The average Bonchev–Trinajstić information content (AvgIpc) is 3.31. The molecule has 1 unspecified atom stereocenters. The Morgan fingerprint density at radius 1 is 1.15 bits per heavy atom. The number of carboxylic acids is 1. The smallest absolute Gasteiger partial charge is 0.475 e. The Morgan fingerprint density at radius 3 is 2.44 bits per heavy atom. The van der Waals surface area contributed by atoms with Crippen molar-refractivity contribution >= 4 is 17.7 Å². The summed E-state index contributed by atoms with van der Waals surface area (Å²) in [5.74, 6) is -2.70. The number of carboxylic acid groups (broad SMARTS) is 1. The molecule has 1 N–H and O–H groups in total. The number of ketones is 1. The molecule has 1 atom stereocenters. The van der Waals surface area contributed by atoms with Gasteiger partial charge in [0.15, 0.2) is 0 Å². The second kappa shape index (κ2) is 12.8. The molecule has 0 spiro atoms. The average molecular weight is 569 g/mol. The number of hydrogen-bond acceptors (Lipinski definition) is 5. The summed E-state index contributed by atoms with van der Waals surface area (Å²) in [6, 6.07) is 15.6. The molecule has 2 heterocycles. The number of likely N-dealkylation sites (N-methyl/N-ethyl adjacent to an activating group) is 1. The summed E-state index contributed by atoms with van der Waals surface area (Å²) < 4.78 is 33.4. The molecule has 2 aromatic carbocycles. The Hall–Kier alpha value is -4.46. The molecule has 1 saturated heterocycles. The Bertz CT molecular complexity index is 1470. The van der Waals surface area contributed by atoms with Crippen LogP contribution in [0.1, 0.15) is 70.9 Å². The first-order valence-corrected chi connectivity index (χ1v) is 13.0. The fourth-order valence-corrected chi connectivity index (χ4v) is 5.06. The van der Waals surface area contributed by atoms with E-state index in [0.29, 0.717) is 23.2 Å². The third kappa shape index (κ3) is 7.01. The third-order valence-electron chi connectivity index (χ3n) is 7.36. The highest BCUT2D eigenvalue weighted by Gasteiger charge is 2.41. The molecule has 216 valence electrons. The summed E-state index contributed by atoms with van der Waals surface area (Å²) >= 11 is 0. The molecule has 0 saturated carbocycles. The van der Waals surface area contributed by atoms with E-state index in [9.17, 15) is 28.0 Å². The van der Waals surface area contributed by atoms with Crippen molar-refractivity contribution in [2.75, 3.05) is 13.6 Å². The molecular weight excluding hydrogens is 537 g/mol. The first-order valence-electron chi connectivity index (χ1n) is 13.0. The van der Waals surface area contributed by atoms with Crippen LogP contribution < -0.4 is 0 Å². The normalized spacial score (nSPS) is 17.2. The van der Waals surface area contributed by atoms with E-state index in [2.05, 4.69) is 30.1 Å². The van der Waals surface area contributed by atoms with E-state index in [1.165, 1.54) is 0 Å². The van der Waals surface area contributed by atoms with Crippen LogP contribution in [0, 0.1) is 11.3 Å². The predicted octanol–water partition coefficient (Wildman–Crippen LogP) is 5.04. The number of carbonyl (C=O) groups excluding carboxylic acids is 2. The minimum absolute atomic E-state index is 0.128. The van der Waals surface area contributed by atoms with Gasteiger partial charge in [-0.1, -0.05) is 37.6 Å². The Morgan fingerprint density at radius 2 is 1.85 bits per heavy atom. The first kappa shape index (κ1) is 31.1. The number of benzene rings is 2. The highest BCUT2D eigenvalue weighted by molar-refractivity contribution is 6.08. The molecule has 0 bridgehead atoms. The quantitative estimate of drug-likeness (QED) is 0.417. The number of carbonyl (C=O) groups is 3. The van der Waals surface area contributed by atoms with E-state index in [-0.39, 0.29) is 11.7 Å². The third-order valence-corrected chi connectivity index (χ3v) is 7.36. The molecule has 0 radical (unpaired) electrons. The van der Waals surface area contributed by atoms with Crippen LogP contribution in [0.15, 0.2) is 55.0 Å². The number of likely N-dealkylation sites (tertiary alicyclic amines) is 1. The lowest BCUT2D eigenvalue weighted by molar-refractivity contribution is -0.192. The van der Waals surface area contributed by atoms with Crippen LogP contribution in [0.5, 0.6) is 0 Å². The number of halogens is 3. The maximum absolute atomic E-state index is 13.4. The minimum atomic E-state index is -5.08. The van der Waals surface area contributed by atoms with E-state index >= 15 is 0 Å². The zero-order valence-corrected chi connectivity index (χ0v) is 23.0. The van der Waals surface area contributed by atoms with Crippen molar-refractivity contribution < 1.29 is 32.7 Å². The summed E-state index contributed by atoms with van der Waals surface area (Å²) in [4.78, 5) is 41.2. The number of aryl methyl sites for hydroxylation is 1. The van der Waals surface area contributed by atoms with Crippen LogP contribution in [0.3, 0.4) is 0 Å². The highest BCUT2D eigenvalue weighted by atomic mass is 19.4. The van der Waals surface area contributed by atoms with Gasteiger partial charge in [0.05, 0.1) is 29.6 Å². The fraction of sp³-hybridized carbons (Fsp3) is 0.367. The van der Waals surface area contributed by atoms with E-state index < -0.39 is 17.6 Å². The van der Waals surface area contributed by atoms with Gasteiger partial charge in [-0.05, 0) is 60.6 Å². The number of nitrogens with zero attached hydrogens (tertiary/aromatic N) is 4. The van der Waals surface area contributed by atoms with Gasteiger partial charge in [0, 0.05) is 26.2 Å². The van der Waals surface area contributed by atoms with Crippen LogP contribution in [0.4, 0.5) is 13.2 Å². The molecule has 3 aromatic rings. The summed E-state index contributed by atoms with van der Waals surface area (Å²) in [5.41, 5.74) is 3.90. The zero-order valence-electron chi connectivity index (χ0n) is 23.0. The highest BCUT2D eigenvalue weighted by Crippen LogP contribution is 2.38. The van der Waals surface area contributed by atoms with Crippen LogP contribution in [-0.4, -0.2) is 57.0 Å². The van der Waals surface area contributed by atoms with Gasteiger partial charge in [-0.3, -0.25) is 9.59 Å². The number of nitriles is 1. The van der Waals surface area contributed by atoms with Crippen molar-refractivity contribution in [3.05, 3.63) is 88.5 Å². The largest absolute Gasteiger partial charge is 0.490 e. The number of hydrogen-bond donors (Lipinski definition) is 1. The summed E-state index contributed by atoms with van der Waals surface area (Å²) in [7, 11) is 3.68. The summed E-state index contributed by atoms with van der Waals surface area (Å²) in [6.45, 7) is 2.88. The molecule has 0 aliphatic carbocycles. The van der Waals surface area contributed by atoms with Crippen molar-refractivity contribution in [3.63, 3.8) is 0 Å². The topological polar surface area (TPSA) is 116 Å². The first-order chi connectivity index (χ1) is 19.3. The van der Waals surface area contributed by atoms with Crippen molar-refractivity contribution in [2.24, 2.45) is 7.05 Å². The van der Waals surface area contributed by atoms with Gasteiger partial charge in [0.25, 0.3) is 0 Å². The second-order valence-corrected chi connectivity index (χ2v) is 10.0. The second-order valence-electron chi connectivity index (χ2n) is 10.0. The lowest BCUT2D eigenvalue weighted by Gasteiger charge is -2.33. The van der Waals surface area contributed by atoms with Gasteiger partial charge in [-0.25, -0.2) is 9.78 Å². The van der Waals surface area contributed by atoms with E-state index in [4.69, 9.17) is 9.90 Å². The van der Waals surface area contributed by atoms with E-state index in [1.807, 2.05) is 24.1 Å². The van der Waals surface area contributed by atoms with Crippen LogP contribution >= 0.6 is 0 Å². The molecule has 8 nitrogen and oxygen atoms in total. The van der Waals surface area contributed by atoms with Gasteiger partial charge in [-0.15, -0.1) is 0 Å². The molecule has 1 aliphatic rings. The standard InChI is InChI=1S/C28H30N4O2.C2HF3O2/c1-4-28(12-5-6-13-31(2)27(28)34)24-9-7-8-20(15-24)14-23-16-21(10-11-22(23)17-29)26(33)25-18-30-19-32(25)3;3-2(4,5)1(6)7/h7-11,15-16,18-19H,4-6,12-14H2,1-3H3;(H,6,7). The van der Waals surface area contributed by atoms with Crippen molar-refractivity contribution in [2.45, 2.75) is 50.6 Å². The molecule has 41 heavy (non-hydrogen) atoms. The van der Waals surface area contributed by atoms with Gasteiger partial charge in [0.1, 0.15) is 5.69 Å². The van der Waals surface area contributed by atoms with Gasteiger partial charge in [-0.2, -0.15) is 18.4 Å². The maximum atomic E-state index is 13.4. The predicted molar refractivity (Wildman–Crippen MR) is 144 cm³/mol. The fourth-order valence-electron chi connectivity index (χ4n) is 5.06. The van der Waals surface area contributed by atoms with Crippen molar-refractivity contribution in [3.8, 4) is 6.07 Å². The number of amides is 1. The Labute approximate surface area is 236 Å². The lowest BCUT2D eigenvalue weighted by atomic mass is 9.73. The lowest BCUT2D eigenvalue weighted by Crippen LogP contribution is -2.43. The molecule has 1 aliphatic heterocycles. The van der Waals surface area contributed by atoms with Crippen LogP contribution in [0.25, 0.3) is 0 Å². The van der Waals surface area contributed by atoms with Crippen LogP contribution in [-0.2, 0) is 28.5 Å². The van der Waals surface area contributed by atoms with Gasteiger partial charge < -0.3 is 14.6 Å². The molecular formula is C30H31F3N4O4. The number of aliphatic carboxylic acids is 1. The van der Waals surface area contributed by atoms with Crippen molar-refractivity contribution in [1.29, 1.82) is 5.26 Å². The molecule has 1 aromatic heterocycles. The Balaban J connectivity index is 0.000000587.